The highest BCUT2D eigenvalue weighted by molar-refractivity contribution is 6.31. The monoisotopic (exact) mass is 765 g/mol. The van der Waals surface area contributed by atoms with Gasteiger partial charge >= 0.3 is 0 Å². The van der Waals surface area contributed by atoms with E-state index in [9.17, 15) is 0 Å². The van der Waals surface area contributed by atoms with Gasteiger partial charge in [-0.05, 0) is 126 Å². The Morgan fingerprint density at radius 1 is 0.483 bits per heavy atom. The van der Waals surface area contributed by atoms with Crippen LogP contribution in [0.4, 0.5) is 0 Å². The standard InChI is InChI=1S/C56H44ClN/c1-54(2,3)37-28-29-50-45(32-37)52-49(56(36-18-8-6-9-19-36)47-26-16-13-22-40(47)41-23-14-17-27-48(41)56)30-35(31-51(52)58(50)39-20-10-7-11-21-39)43-33-38(57)34-44-42-24-12-15-25-46(42)55(4,5)53(43)44/h6-34H,1-5H3. The van der Waals surface area contributed by atoms with E-state index in [1.807, 2.05) is 0 Å². The van der Waals surface area contributed by atoms with Crippen molar-refractivity contribution in [1.29, 1.82) is 0 Å². The van der Waals surface area contributed by atoms with Crippen LogP contribution in [0.25, 0.3) is 60.9 Å². The second-order valence-corrected chi connectivity index (χ2v) is 18.3. The Morgan fingerprint density at radius 2 is 1.03 bits per heavy atom. The van der Waals surface area contributed by atoms with Crippen molar-refractivity contribution in [1.82, 2.24) is 4.57 Å². The molecule has 0 amide bonds. The van der Waals surface area contributed by atoms with Crippen LogP contribution in [-0.2, 0) is 16.2 Å². The number of hydrogen-bond acceptors (Lipinski definition) is 0. The highest BCUT2D eigenvalue weighted by atomic mass is 35.5. The molecule has 0 saturated carbocycles. The van der Waals surface area contributed by atoms with Crippen molar-refractivity contribution in [3.05, 3.63) is 220 Å². The number of benzene rings is 8. The highest BCUT2D eigenvalue weighted by Crippen LogP contribution is 2.60. The third-order valence-corrected chi connectivity index (χ3v) is 13.5. The minimum absolute atomic E-state index is 0.0406. The van der Waals surface area contributed by atoms with Gasteiger partial charge in [-0.2, -0.15) is 0 Å². The molecule has 1 nitrogen and oxygen atoms in total. The van der Waals surface area contributed by atoms with Gasteiger partial charge in [0.05, 0.1) is 16.4 Å². The van der Waals surface area contributed by atoms with Gasteiger partial charge in [-0.25, -0.2) is 0 Å². The third-order valence-electron chi connectivity index (χ3n) is 13.2. The molecule has 9 aromatic rings. The van der Waals surface area contributed by atoms with Crippen molar-refractivity contribution in [3.8, 4) is 39.1 Å². The summed E-state index contributed by atoms with van der Waals surface area (Å²) in [5.74, 6) is 0. The molecule has 2 aliphatic carbocycles. The Kier molecular flexibility index (Phi) is 7.51. The Bertz CT molecular complexity index is 3080. The van der Waals surface area contributed by atoms with Gasteiger partial charge in [0.2, 0.25) is 0 Å². The van der Waals surface area contributed by atoms with Crippen LogP contribution in [0.5, 0.6) is 0 Å². The lowest BCUT2D eigenvalue weighted by Gasteiger charge is -2.35. The van der Waals surface area contributed by atoms with Crippen molar-refractivity contribution in [2.45, 2.75) is 50.9 Å². The summed E-state index contributed by atoms with van der Waals surface area (Å²) in [6, 6.07) is 65.7. The molecule has 0 spiro atoms. The molecule has 0 saturated heterocycles. The van der Waals surface area contributed by atoms with E-state index in [1.54, 1.807) is 0 Å². The summed E-state index contributed by atoms with van der Waals surface area (Å²) in [6.45, 7) is 11.7. The molecular formula is C56H44ClN. The van der Waals surface area contributed by atoms with Crippen LogP contribution in [0.2, 0.25) is 5.02 Å². The van der Waals surface area contributed by atoms with Crippen LogP contribution >= 0.6 is 11.6 Å². The molecule has 1 heterocycles. The van der Waals surface area contributed by atoms with E-state index in [1.165, 1.54) is 88.6 Å². The molecule has 0 radical (unpaired) electrons. The van der Waals surface area contributed by atoms with Crippen LogP contribution in [0.3, 0.4) is 0 Å². The molecule has 1 aromatic heterocycles. The number of hydrogen-bond donors (Lipinski definition) is 0. The molecule has 0 aliphatic heterocycles. The maximum Gasteiger partial charge on any atom is 0.0720 e. The normalized spacial score (nSPS) is 14.7. The summed E-state index contributed by atoms with van der Waals surface area (Å²) in [5, 5.41) is 3.27. The molecule has 0 fully saturated rings. The van der Waals surface area contributed by atoms with Gasteiger partial charge in [-0.1, -0.05) is 174 Å². The third kappa shape index (κ3) is 4.77. The smallest absolute Gasteiger partial charge is 0.0720 e. The molecule has 2 heteroatoms. The predicted molar refractivity (Wildman–Crippen MR) is 245 cm³/mol. The molecule has 8 aromatic carbocycles. The van der Waals surface area contributed by atoms with E-state index in [4.69, 9.17) is 11.6 Å². The maximum absolute atomic E-state index is 7.23. The van der Waals surface area contributed by atoms with Gasteiger partial charge in [0.15, 0.2) is 0 Å². The van der Waals surface area contributed by atoms with Gasteiger partial charge in [0.1, 0.15) is 0 Å². The number of aromatic nitrogens is 1. The minimum Gasteiger partial charge on any atom is -0.309 e. The van der Waals surface area contributed by atoms with Crippen molar-refractivity contribution in [2.24, 2.45) is 0 Å². The fraction of sp³-hybridized carbons (Fsp3) is 0.143. The highest BCUT2D eigenvalue weighted by Gasteiger charge is 2.48. The quantitative estimate of drug-likeness (QED) is 0.168. The average molecular weight is 766 g/mol. The number of rotatable bonds is 4. The summed E-state index contributed by atoms with van der Waals surface area (Å²) in [4.78, 5) is 0. The topological polar surface area (TPSA) is 4.93 Å². The largest absolute Gasteiger partial charge is 0.309 e. The fourth-order valence-electron chi connectivity index (χ4n) is 10.7. The summed E-state index contributed by atoms with van der Waals surface area (Å²) in [7, 11) is 0. The molecule has 11 rings (SSSR count). The van der Waals surface area contributed by atoms with Crippen LogP contribution in [0, 0.1) is 0 Å². The maximum atomic E-state index is 7.23. The lowest BCUT2D eigenvalue weighted by molar-refractivity contribution is 0.591. The van der Waals surface area contributed by atoms with Gasteiger partial charge in [-0.15, -0.1) is 0 Å². The first-order valence-corrected chi connectivity index (χ1v) is 20.8. The molecular weight excluding hydrogens is 722 g/mol. The van der Waals surface area contributed by atoms with Crippen LogP contribution in [0.1, 0.15) is 73.6 Å². The van der Waals surface area contributed by atoms with E-state index >= 15 is 0 Å². The second kappa shape index (κ2) is 12.4. The van der Waals surface area contributed by atoms with E-state index in [0.29, 0.717) is 0 Å². The predicted octanol–water partition coefficient (Wildman–Crippen LogP) is 15.1. The van der Waals surface area contributed by atoms with Crippen molar-refractivity contribution >= 4 is 33.4 Å². The first-order chi connectivity index (χ1) is 28.1. The SMILES string of the molecule is CC(C)(C)c1ccc2c(c1)c1c(C3(c4ccccc4)c4ccccc4-c4ccccc43)cc(-c3cc(Cl)cc4c3C(C)(C)c3ccccc3-4)cc1n2-c1ccccc1. The number of para-hydroxylation sites is 1. The number of fused-ring (bicyclic) bond motifs is 9. The first-order valence-electron chi connectivity index (χ1n) is 20.5. The zero-order chi connectivity index (χ0) is 39.6. The van der Waals surface area contributed by atoms with Gasteiger partial charge in [0, 0.05) is 26.9 Å². The Balaban J connectivity index is 1.39. The van der Waals surface area contributed by atoms with Crippen LogP contribution in [-0.4, -0.2) is 4.57 Å². The molecule has 0 atom stereocenters. The van der Waals surface area contributed by atoms with E-state index in [0.717, 1.165) is 16.3 Å². The average Bonchev–Trinajstić information content (AvgIpc) is 3.82. The summed E-state index contributed by atoms with van der Waals surface area (Å²) >= 11 is 7.23. The number of nitrogens with zero attached hydrogens (tertiary/aromatic N) is 1. The van der Waals surface area contributed by atoms with E-state index in [2.05, 4.69) is 215 Å². The summed E-state index contributed by atoms with van der Waals surface area (Å²) in [5.41, 5.74) is 19.1. The van der Waals surface area contributed by atoms with Crippen molar-refractivity contribution in [2.75, 3.05) is 0 Å². The zero-order valence-electron chi connectivity index (χ0n) is 33.6. The molecule has 58 heavy (non-hydrogen) atoms. The lowest BCUT2D eigenvalue weighted by atomic mass is 9.66. The molecule has 280 valence electrons. The molecule has 0 N–H and O–H groups in total. The van der Waals surface area contributed by atoms with Crippen molar-refractivity contribution in [3.63, 3.8) is 0 Å². The van der Waals surface area contributed by atoms with Gasteiger partial charge in [-0.3, -0.25) is 0 Å². The van der Waals surface area contributed by atoms with E-state index in [-0.39, 0.29) is 10.8 Å². The Morgan fingerprint density at radius 3 is 1.67 bits per heavy atom. The second-order valence-electron chi connectivity index (χ2n) is 17.8. The zero-order valence-corrected chi connectivity index (χ0v) is 34.3. The molecule has 2 aliphatic rings. The minimum atomic E-state index is -0.628. The van der Waals surface area contributed by atoms with Crippen LogP contribution in [0.15, 0.2) is 176 Å². The molecule has 0 bridgehead atoms. The fourth-order valence-corrected chi connectivity index (χ4v) is 10.9. The van der Waals surface area contributed by atoms with Crippen LogP contribution < -0.4 is 0 Å². The lowest BCUT2D eigenvalue weighted by Crippen LogP contribution is -2.29. The molecule has 0 unspecified atom stereocenters. The summed E-state index contributed by atoms with van der Waals surface area (Å²) < 4.78 is 2.50. The first kappa shape index (κ1) is 35.0. The van der Waals surface area contributed by atoms with Gasteiger partial charge in [0.25, 0.3) is 0 Å². The van der Waals surface area contributed by atoms with Crippen molar-refractivity contribution < 1.29 is 0 Å². The number of halogens is 1. The Hall–Kier alpha value is -6.15. The van der Waals surface area contributed by atoms with E-state index < -0.39 is 5.41 Å². The van der Waals surface area contributed by atoms with Gasteiger partial charge < -0.3 is 4.57 Å². The summed E-state index contributed by atoms with van der Waals surface area (Å²) in [6.07, 6.45) is 0. The Labute approximate surface area is 346 Å².